The van der Waals surface area contributed by atoms with Crippen LogP contribution in [0.5, 0.6) is 0 Å². The maximum absolute atomic E-state index is 10.4. The lowest BCUT2D eigenvalue weighted by Gasteiger charge is -2.37. The first kappa shape index (κ1) is 19.7. The van der Waals surface area contributed by atoms with Crippen molar-refractivity contribution in [2.24, 2.45) is 0 Å². The number of rotatable bonds is 4. The van der Waals surface area contributed by atoms with Crippen LogP contribution in [0.3, 0.4) is 0 Å². The predicted octanol–water partition coefficient (Wildman–Crippen LogP) is 2.56. The summed E-state index contributed by atoms with van der Waals surface area (Å²) in [5, 5.41) is 37.9. The summed E-state index contributed by atoms with van der Waals surface area (Å²) in [5.74, 6) is 0.998. The van der Waals surface area contributed by atoms with Crippen molar-refractivity contribution in [1.82, 2.24) is 10.2 Å². The van der Waals surface area contributed by atoms with Gasteiger partial charge >= 0.3 is 0 Å². The fourth-order valence-corrected chi connectivity index (χ4v) is 3.76. The second-order valence-corrected chi connectivity index (χ2v) is 7.44. The second kappa shape index (κ2) is 8.04. The molecule has 2 heterocycles. The molecule has 0 bridgehead atoms. The van der Waals surface area contributed by atoms with E-state index < -0.39 is 24.4 Å². The van der Waals surface area contributed by atoms with Gasteiger partial charge < -0.3 is 24.5 Å². The molecule has 2 aromatic carbocycles. The zero-order valence-electron chi connectivity index (χ0n) is 16.3. The molecule has 4 unspecified atom stereocenters. The van der Waals surface area contributed by atoms with Gasteiger partial charge in [0, 0.05) is 18.9 Å². The lowest BCUT2D eigenvalue weighted by molar-refractivity contribution is -0.179. The maximum Gasteiger partial charge on any atom is 0.247 e. The minimum Gasteiger partial charge on any atom is -0.421 e. The fraction of sp³-hybridized carbons (Fsp3) is 0.364. The molecule has 0 spiro atoms. The molecule has 1 saturated heterocycles. The highest BCUT2D eigenvalue weighted by Crippen LogP contribution is 2.35. The first-order valence-corrected chi connectivity index (χ1v) is 9.60. The summed E-state index contributed by atoms with van der Waals surface area (Å²) in [5.41, 5.74) is 4.63. The third-order valence-corrected chi connectivity index (χ3v) is 5.28. The molecule has 0 amide bonds. The number of hydrogen-bond donors (Lipinski definition) is 3. The van der Waals surface area contributed by atoms with Crippen LogP contribution >= 0.6 is 0 Å². The van der Waals surface area contributed by atoms with Crippen LogP contribution in [0.4, 0.5) is 0 Å². The van der Waals surface area contributed by atoms with Crippen LogP contribution < -0.4 is 0 Å². The SMILES string of the molecule is Cc1nnc(-c2ccc(-c3cccc(C4OC(CO)CC(O)C4O)c3)c(C)c2)o1. The molecule has 4 atom stereocenters. The quantitative estimate of drug-likeness (QED) is 0.622. The zero-order valence-corrected chi connectivity index (χ0v) is 16.3. The van der Waals surface area contributed by atoms with Gasteiger partial charge in [0.15, 0.2) is 0 Å². The minimum absolute atomic E-state index is 0.199. The van der Waals surface area contributed by atoms with Crippen LogP contribution in [0.25, 0.3) is 22.6 Å². The highest BCUT2D eigenvalue weighted by Gasteiger charge is 2.37. The van der Waals surface area contributed by atoms with Crippen LogP contribution in [0.2, 0.25) is 0 Å². The molecule has 1 fully saturated rings. The number of aromatic nitrogens is 2. The Kier molecular flexibility index (Phi) is 5.47. The molecule has 152 valence electrons. The molecule has 0 saturated carbocycles. The van der Waals surface area contributed by atoms with Crippen molar-refractivity contribution in [2.75, 3.05) is 6.61 Å². The Morgan fingerprint density at radius 1 is 1.03 bits per heavy atom. The van der Waals surface area contributed by atoms with E-state index in [0.717, 1.165) is 27.8 Å². The largest absolute Gasteiger partial charge is 0.421 e. The van der Waals surface area contributed by atoms with Gasteiger partial charge in [0.1, 0.15) is 12.2 Å². The summed E-state index contributed by atoms with van der Waals surface area (Å²) >= 11 is 0. The van der Waals surface area contributed by atoms with Crippen molar-refractivity contribution in [1.29, 1.82) is 0 Å². The molecule has 29 heavy (non-hydrogen) atoms. The van der Waals surface area contributed by atoms with Crippen LogP contribution in [0, 0.1) is 13.8 Å². The Morgan fingerprint density at radius 3 is 2.55 bits per heavy atom. The smallest absolute Gasteiger partial charge is 0.247 e. The van der Waals surface area contributed by atoms with Gasteiger partial charge in [0.2, 0.25) is 11.8 Å². The van der Waals surface area contributed by atoms with Crippen molar-refractivity contribution >= 4 is 0 Å². The van der Waals surface area contributed by atoms with Gasteiger partial charge in [-0.3, -0.25) is 0 Å². The molecule has 0 aliphatic carbocycles. The highest BCUT2D eigenvalue weighted by atomic mass is 16.5. The number of benzene rings is 2. The predicted molar refractivity (Wildman–Crippen MR) is 106 cm³/mol. The van der Waals surface area contributed by atoms with Gasteiger partial charge in [0.05, 0.1) is 18.8 Å². The number of hydrogen-bond acceptors (Lipinski definition) is 7. The maximum atomic E-state index is 10.4. The van der Waals surface area contributed by atoms with Crippen LogP contribution in [0.15, 0.2) is 46.9 Å². The van der Waals surface area contributed by atoms with Gasteiger partial charge in [-0.25, -0.2) is 0 Å². The third kappa shape index (κ3) is 3.95. The van der Waals surface area contributed by atoms with Gasteiger partial charge in [-0.15, -0.1) is 10.2 Å². The molecule has 1 aliphatic rings. The summed E-state index contributed by atoms with van der Waals surface area (Å²) in [4.78, 5) is 0. The van der Waals surface area contributed by atoms with Crippen LogP contribution in [-0.2, 0) is 4.74 Å². The monoisotopic (exact) mass is 396 g/mol. The zero-order chi connectivity index (χ0) is 20.5. The molecule has 1 aromatic heterocycles. The van der Waals surface area contributed by atoms with Gasteiger partial charge in [-0.05, 0) is 47.4 Å². The fourth-order valence-electron chi connectivity index (χ4n) is 3.76. The van der Waals surface area contributed by atoms with E-state index in [1.54, 1.807) is 6.92 Å². The molecule has 7 nitrogen and oxygen atoms in total. The van der Waals surface area contributed by atoms with E-state index in [1.165, 1.54) is 0 Å². The van der Waals surface area contributed by atoms with Crippen LogP contribution in [0.1, 0.15) is 29.5 Å². The number of aliphatic hydroxyl groups excluding tert-OH is 3. The Balaban J connectivity index is 1.65. The molecule has 3 aromatic rings. The normalized spacial score (nSPS) is 24.6. The van der Waals surface area contributed by atoms with Crippen molar-refractivity contribution in [2.45, 2.75) is 44.7 Å². The summed E-state index contributed by atoms with van der Waals surface area (Å²) in [7, 11) is 0. The molecule has 3 N–H and O–H groups in total. The number of aryl methyl sites for hydroxylation is 2. The van der Waals surface area contributed by atoms with E-state index >= 15 is 0 Å². The lowest BCUT2D eigenvalue weighted by atomic mass is 9.90. The summed E-state index contributed by atoms with van der Waals surface area (Å²) in [6.07, 6.45) is -2.97. The van der Waals surface area contributed by atoms with E-state index in [-0.39, 0.29) is 13.0 Å². The molecular weight excluding hydrogens is 372 g/mol. The number of aliphatic hydroxyl groups is 3. The Hall–Kier alpha value is -2.58. The van der Waals surface area contributed by atoms with E-state index in [9.17, 15) is 15.3 Å². The third-order valence-electron chi connectivity index (χ3n) is 5.28. The molecule has 4 rings (SSSR count). The first-order chi connectivity index (χ1) is 14.0. The van der Waals surface area contributed by atoms with Crippen molar-refractivity contribution in [3.8, 4) is 22.6 Å². The molecular formula is C22H24N2O5. The van der Waals surface area contributed by atoms with Crippen LogP contribution in [-0.4, -0.2) is 50.4 Å². The average Bonchev–Trinajstić information content (AvgIpc) is 3.16. The van der Waals surface area contributed by atoms with Gasteiger partial charge in [-0.2, -0.15) is 0 Å². The summed E-state index contributed by atoms with van der Waals surface area (Å²) < 4.78 is 11.3. The Morgan fingerprint density at radius 2 is 1.86 bits per heavy atom. The van der Waals surface area contributed by atoms with E-state index in [4.69, 9.17) is 9.15 Å². The van der Waals surface area contributed by atoms with E-state index in [1.807, 2.05) is 49.4 Å². The lowest BCUT2D eigenvalue weighted by Crippen LogP contribution is -2.44. The standard InChI is InChI=1S/C22H24N2O5/c1-12-8-16(22-24-23-13(2)28-22)6-7-18(12)14-4-3-5-15(9-14)21-20(27)19(26)10-17(11-25)29-21/h3-9,17,19-21,25-27H,10-11H2,1-2H3. The van der Waals surface area contributed by atoms with Crippen molar-refractivity contribution in [3.63, 3.8) is 0 Å². The van der Waals surface area contributed by atoms with Crippen molar-refractivity contribution < 1.29 is 24.5 Å². The first-order valence-electron chi connectivity index (χ1n) is 9.60. The molecule has 7 heteroatoms. The number of nitrogens with zero attached hydrogens (tertiary/aromatic N) is 2. The highest BCUT2D eigenvalue weighted by molar-refractivity contribution is 5.71. The van der Waals surface area contributed by atoms with Crippen molar-refractivity contribution in [3.05, 3.63) is 59.5 Å². The molecule has 0 radical (unpaired) electrons. The van der Waals surface area contributed by atoms with E-state index in [0.29, 0.717) is 11.8 Å². The minimum atomic E-state index is -1.04. The summed E-state index contributed by atoms with van der Waals surface area (Å²) in [6.45, 7) is 3.56. The second-order valence-electron chi connectivity index (χ2n) is 7.44. The number of ether oxygens (including phenoxy) is 1. The average molecular weight is 396 g/mol. The molecule has 1 aliphatic heterocycles. The van der Waals surface area contributed by atoms with Gasteiger partial charge in [0.25, 0.3) is 0 Å². The van der Waals surface area contributed by atoms with Gasteiger partial charge in [-0.1, -0.05) is 24.3 Å². The summed E-state index contributed by atoms with van der Waals surface area (Å²) in [6, 6.07) is 13.6. The Labute approximate surface area is 168 Å². The topological polar surface area (TPSA) is 109 Å². The van der Waals surface area contributed by atoms with E-state index in [2.05, 4.69) is 10.2 Å². The Bertz CT molecular complexity index is 1000.